The van der Waals surface area contributed by atoms with Gasteiger partial charge < -0.3 is 15.2 Å². The molecule has 2 aliphatic heterocycles. The fourth-order valence-electron chi connectivity index (χ4n) is 3.04. The van der Waals surface area contributed by atoms with Gasteiger partial charge in [-0.1, -0.05) is 6.07 Å². The van der Waals surface area contributed by atoms with Gasteiger partial charge in [-0.25, -0.2) is 0 Å². The van der Waals surface area contributed by atoms with Gasteiger partial charge in [0.2, 0.25) is 6.79 Å². The summed E-state index contributed by atoms with van der Waals surface area (Å²) in [6, 6.07) is 7.80. The highest BCUT2D eigenvalue weighted by Gasteiger charge is 2.30. The predicted molar refractivity (Wildman–Crippen MR) is 90.5 cm³/mol. The average molecular weight is 343 g/mol. The maximum absolute atomic E-state index is 11.4. The van der Waals surface area contributed by atoms with E-state index in [2.05, 4.69) is 24.4 Å². The first-order valence-electron chi connectivity index (χ1n) is 7.61. The van der Waals surface area contributed by atoms with E-state index >= 15 is 0 Å². The molecular formula is C17H17N3O3S. The van der Waals surface area contributed by atoms with Crippen molar-refractivity contribution in [2.24, 2.45) is 10.8 Å². The predicted octanol–water partition coefficient (Wildman–Crippen LogP) is 0.885. The molecule has 4 rings (SSSR count). The molecule has 0 fully saturated rings. The van der Waals surface area contributed by atoms with E-state index in [1.165, 1.54) is 11.3 Å². The minimum absolute atomic E-state index is 0.267. The van der Waals surface area contributed by atoms with Crippen LogP contribution in [0.3, 0.4) is 0 Å². The molecule has 0 aliphatic carbocycles. The van der Waals surface area contributed by atoms with Crippen molar-refractivity contribution in [3.05, 3.63) is 44.6 Å². The molecule has 0 spiro atoms. The molecule has 0 saturated heterocycles. The lowest BCUT2D eigenvalue weighted by Gasteiger charge is -2.32. The molecule has 1 aromatic carbocycles. The highest BCUT2D eigenvalue weighted by atomic mass is 32.1. The topological polar surface area (TPSA) is 85.9 Å². The summed E-state index contributed by atoms with van der Waals surface area (Å²) in [6.45, 7) is 4.43. The number of benzene rings is 1. The van der Waals surface area contributed by atoms with Crippen molar-refractivity contribution in [3.8, 4) is 11.5 Å². The Morgan fingerprint density at radius 3 is 2.96 bits per heavy atom. The molecule has 6 nitrogen and oxygen atoms in total. The zero-order valence-corrected chi connectivity index (χ0v) is 14.2. The molecule has 7 heteroatoms. The third-order valence-corrected chi connectivity index (χ3v) is 5.63. The fourth-order valence-corrected chi connectivity index (χ4v) is 3.94. The summed E-state index contributed by atoms with van der Waals surface area (Å²) in [7, 11) is 0. The Morgan fingerprint density at radius 2 is 2.17 bits per heavy atom. The summed E-state index contributed by atoms with van der Waals surface area (Å²) >= 11 is 1.31. The van der Waals surface area contributed by atoms with Gasteiger partial charge >= 0.3 is 0 Å². The van der Waals surface area contributed by atoms with Crippen molar-refractivity contribution >= 4 is 22.8 Å². The van der Waals surface area contributed by atoms with E-state index in [1.54, 1.807) is 0 Å². The first-order valence-corrected chi connectivity index (χ1v) is 8.42. The number of thiophene rings is 1. The van der Waals surface area contributed by atoms with Crippen molar-refractivity contribution in [1.29, 1.82) is 0 Å². The second-order valence-electron chi connectivity index (χ2n) is 6.24. The highest BCUT2D eigenvalue weighted by Crippen LogP contribution is 2.34. The maximum atomic E-state index is 11.4. The van der Waals surface area contributed by atoms with Crippen LogP contribution in [0.2, 0.25) is 0 Å². The third kappa shape index (κ3) is 2.32. The number of fused-ring (bicyclic) bond motifs is 2. The van der Waals surface area contributed by atoms with E-state index in [1.807, 2.05) is 24.3 Å². The zero-order chi connectivity index (χ0) is 16.9. The molecule has 1 amide bonds. The monoisotopic (exact) mass is 343 g/mol. The van der Waals surface area contributed by atoms with Crippen LogP contribution >= 0.6 is 11.3 Å². The van der Waals surface area contributed by atoms with Gasteiger partial charge in [0.05, 0.1) is 10.4 Å². The Morgan fingerprint density at radius 1 is 1.38 bits per heavy atom. The normalized spacial score (nSPS) is 21.0. The van der Waals surface area contributed by atoms with Gasteiger partial charge in [-0.2, -0.15) is 5.10 Å². The number of rotatable bonds is 3. The SMILES string of the molecule is CC1=c2cc(C(N)=O)sc2=NNC1(C)Cc1ccc2c(c1)OCO2. The molecule has 0 radical (unpaired) electrons. The Balaban J connectivity index is 1.72. The number of hydrogen-bond donors (Lipinski definition) is 2. The Bertz CT molecular complexity index is 966. The van der Waals surface area contributed by atoms with Gasteiger partial charge in [0.1, 0.15) is 4.67 Å². The van der Waals surface area contributed by atoms with Gasteiger partial charge in [0.25, 0.3) is 5.91 Å². The van der Waals surface area contributed by atoms with Crippen LogP contribution in [-0.4, -0.2) is 18.2 Å². The quantitative estimate of drug-likeness (QED) is 0.866. The van der Waals surface area contributed by atoms with E-state index in [0.29, 0.717) is 4.88 Å². The maximum Gasteiger partial charge on any atom is 0.258 e. The summed E-state index contributed by atoms with van der Waals surface area (Å²) in [5.74, 6) is 1.13. The molecule has 2 aliphatic rings. The van der Waals surface area contributed by atoms with E-state index < -0.39 is 5.91 Å². The fraction of sp³-hybridized carbons (Fsp3) is 0.294. The van der Waals surface area contributed by atoms with Crippen LogP contribution in [0.15, 0.2) is 29.4 Å². The zero-order valence-electron chi connectivity index (χ0n) is 13.4. The molecular weight excluding hydrogens is 326 g/mol. The van der Waals surface area contributed by atoms with E-state index in [4.69, 9.17) is 15.2 Å². The molecule has 1 aromatic heterocycles. The van der Waals surface area contributed by atoms with Crippen LogP contribution in [0.1, 0.15) is 29.1 Å². The van der Waals surface area contributed by atoms with Gasteiger partial charge in [-0.15, -0.1) is 11.3 Å². The number of primary amides is 1. The number of carbonyl (C=O) groups excluding carboxylic acids is 1. The molecule has 2 aromatic rings. The van der Waals surface area contributed by atoms with Crippen LogP contribution in [0, 0.1) is 0 Å². The van der Waals surface area contributed by atoms with Crippen molar-refractivity contribution < 1.29 is 14.3 Å². The molecule has 0 bridgehead atoms. The number of carbonyl (C=O) groups is 1. The lowest BCUT2D eigenvalue weighted by Crippen LogP contribution is -2.50. The summed E-state index contributed by atoms with van der Waals surface area (Å²) < 4.78 is 11.6. The molecule has 24 heavy (non-hydrogen) atoms. The Hall–Kier alpha value is -2.54. The summed E-state index contributed by atoms with van der Waals surface area (Å²) in [6.07, 6.45) is 0.736. The minimum Gasteiger partial charge on any atom is -0.454 e. The smallest absolute Gasteiger partial charge is 0.258 e. The summed E-state index contributed by atoms with van der Waals surface area (Å²) in [4.78, 5) is 11.9. The summed E-state index contributed by atoms with van der Waals surface area (Å²) in [5, 5.41) is 5.43. The van der Waals surface area contributed by atoms with Gasteiger partial charge in [0, 0.05) is 11.6 Å². The minimum atomic E-state index is -0.421. The summed E-state index contributed by atoms with van der Waals surface area (Å²) in [5.41, 5.74) is 10.5. The molecule has 124 valence electrons. The van der Waals surface area contributed by atoms with Crippen LogP contribution in [0.5, 0.6) is 11.5 Å². The molecule has 3 heterocycles. The first-order chi connectivity index (χ1) is 11.5. The standard InChI is InChI=1S/C17H17N3O3S/c1-9-11-6-14(15(18)21)24-16(11)19-20-17(9,2)7-10-3-4-12-13(5-10)23-8-22-12/h3-6,20H,7-8H2,1-2H3,(H2,18,21). The second-order valence-corrected chi connectivity index (χ2v) is 7.27. The average Bonchev–Trinajstić information content (AvgIpc) is 3.17. The Labute approximate surface area is 142 Å². The molecule has 1 unspecified atom stereocenters. The molecule has 0 saturated carbocycles. The number of amides is 1. The molecule has 1 atom stereocenters. The third-order valence-electron chi connectivity index (χ3n) is 4.59. The van der Waals surface area contributed by atoms with E-state index in [-0.39, 0.29) is 12.3 Å². The number of nitrogens with two attached hydrogens (primary N) is 1. The largest absolute Gasteiger partial charge is 0.454 e. The van der Waals surface area contributed by atoms with Gasteiger partial charge in [0.15, 0.2) is 11.5 Å². The van der Waals surface area contributed by atoms with Crippen LogP contribution < -0.4 is 30.5 Å². The number of hydrogen-bond acceptors (Lipinski definition) is 6. The van der Waals surface area contributed by atoms with Crippen molar-refractivity contribution in [3.63, 3.8) is 0 Å². The first kappa shape index (κ1) is 15.0. The van der Waals surface area contributed by atoms with E-state index in [0.717, 1.165) is 38.9 Å². The van der Waals surface area contributed by atoms with Crippen molar-refractivity contribution in [1.82, 2.24) is 5.43 Å². The van der Waals surface area contributed by atoms with E-state index in [9.17, 15) is 4.79 Å². The van der Waals surface area contributed by atoms with Crippen LogP contribution in [-0.2, 0) is 6.42 Å². The van der Waals surface area contributed by atoms with Crippen LogP contribution in [0.4, 0.5) is 0 Å². The number of ether oxygens (including phenoxy) is 2. The second kappa shape index (κ2) is 5.24. The number of nitrogens with zero attached hydrogens (tertiary/aromatic N) is 1. The van der Waals surface area contributed by atoms with Gasteiger partial charge in [-0.3, -0.25) is 10.2 Å². The lowest BCUT2D eigenvalue weighted by atomic mass is 9.85. The lowest BCUT2D eigenvalue weighted by molar-refractivity contribution is 0.100. The van der Waals surface area contributed by atoms with Crippen LogP contribution in [0.25, 0.3) is 5.57 Å². The highest BCUT2D eigenvalue weighted by molar-refractivity contribution is 7.11. The van der Waals surface area contributed by atoms with Crippen molar-refractivity contribution in [2.45, 2.75) is 25.8 Å². The van der Waals surface area contributed by atoms with Crippen molar-refractivity contribution in [2.75, 3.05) is 6.79 Å². The van der Waals surface area contributed by atoms with Gasteiger partial charge in [-0.05, 0) is 43.2 Å². The molecule has 3 N–H and O–H groups in total. The number of nitrogens with one attached hydrogen (secondary N) is 1. The Kier molecular flexibility index (Phi) is 3.28.